The zero-order valence-corrected chi connectivity index (χ0v) is 11.4. The maximum atomic E-state index is 10.5. The van der Waals surface area contributed by atoms with Crippen molar-refractivity contribution in [1.29, 1.82) is 0 Å². The monoisotopic (exact) mass is 252 g/mol. The summed E-state index contributed by atoms with van der Waals surface area (Å²) in [5.41, 5.74) is 3.85. The van der Waals surface area contributed by atoms with Crippen molar-refractivity contribution in [1.82, 2.24) is 0 Å². The Morgan fingerprint density at radius 3 is 2.21 bits per heavy atom. The zero-order chi connectivity index (χ0) is 13.5. The van der Waals surface area contributed by atoms with Crippen LogP contribution in [0.5, 0.6) is 0 Å². The first-order chi connectivity index (χ1) is 9.29. The number of hydrogen-bond acceptors (Lipinski definition) is 1. The van der Waals surface area contributed by atoms with E-state index in [0.717, 1.165) is 25.5 Å². The molecule has 0 heterocycles. The van der Waals surface area contributed by atoms with Crippen molar-refractivity contribution in [2.24, 2.45) is 5.92 Å². The van der Waals surface area contributed by atoms with E-state index in [9.17, 15) is 4.79 Å². The van der Waals surface area contributed by atoms with Crippen LogP contribution in [-0.4, -0.2) is 6.29 Å². The van der Waals surface area contributed by atoms with E-state index in [1.165, 1.54) is 16.7 Å². The Labute approximate surface area is 115 Å². The van der Waals surface area contributed by atoms with Crippen LogP contribution in [0.1, 0.15) is 25.3 Å². The molecular formula is C18H20O. The summed E-state index contributed by atoms with van der Waals surface area (Å²) < 4.78 is 0. The molecule has 98 valence electrons. The smallest absolute Gasteiger partial charge is 0.122 e. The second-order valence-corrected chi connectivity index (χ2v) is 5.07. The number of carbonyl (C=O) groups is 1. The molecule has 1 atom stereocenters. The number of carbonyl (C=O) groups excluding carboxylic acids is 1. The summed E-state index contributed by atoms with van der Waals surface area (Å²) in [6.45, 7) is 1.98. The highest BCUT2D eigenvalue weighted by molar-refractivity contribution is 5.63. The van der Waals surface area contributed by atoms with E-state index < -0.39 is 0 Å². The van der Waals surface area contributed by atoms with Gasteiger partial charge < -0.3 is 4.79 Å². The van der Waals surface area contributed by atoms with Gasteiger partial charge in [0.2, 0.25) is 0 Å². The van der Waals surface area contributed by atoms with Gasteiger partial charge in [0.25, 0.3) is 0 Å². The molecule has 2 aromatic carbocycles. The molecule has 0 spiro atoms. The van der Waals surface area contributed by atoms with Crippen molar-refractivity contribution < 1.29 is 4.79 Å². The summed E-state index contributed by atoms with van der Waals surface area (Å²) in [6, 6.07) is 19.1. The fraction of sp³-hybridized carbons (Fsp3) is 0.278. The molecule has 0 saturated heterocycles. The van der Waals surface area contributed by atoms with Gasteiger partial charge >= 0.3 is 0 Å². The predicted octanol–water partition coefficient (Wildman–Crippen LogP) is 4.51. The standard InChI is InChI=1S/C18H20O/c1-15(14-19)6-5-7-16-10-12-18(13-11-16)17-8-3-2-4-9-17/h2-4,8-15H,5-7H2,1H3. The highest BCUT2D eigenvalue weighted by Gasteiger charge is 2.01. The van der Waals surface area contributed by atoms with Crippen LogP contribution in [-0.2, 0) is 11.2 Å². The lowest BCUT2D eigenvalue weighted by atomic mass is 9.99. The number of aldehydes is 1. The molecule has 1 nitrogen and oxygen atoms in total. The molecule has 2 aromatic rings. The van der Waals surface area contributed by atoms with Crippen molar-refractivity contribution in [2.75, 3.05) is 0 Å². The first-order valence-electron chi connectivity index (χ1n) is 6.89. The average molecular weight is 252 g/mol. The molecule has 19 heavy (non-hydrogen) atoms. The fourth-order valence-electron chi connectivity index (χ4n) is 2.19. The summed E-state index contributed by atoms with van der Waals surface area (Å²) in [5.74, 6) is 0.184. The number of benzene rings is 2. The first kappa shape index (κ1) is 13.5. The molecule has 0 N–H and O–H groups in total. The van der Waals surface area contributed by atoms with Crippen molar-refractivity contribution in [2.45, 2.75) is 26.2 Å². The molecule has 0 fully saturated rings. The van der Waals surface area contributed by atoms with Crippen LogP contribution >= 0.6 is 0 Å². The second-order valence-electron chi connectivity index (χ2n) is 5.07. The van der Waals surface area contributed by atoms with E-state index in [1.54, 1.807) is 0 Å². The number of rotatable bonds is 6. The molecule has 0 radical (unpaired) electrons. The molecule has 0 aliphatic heterocycles. The topological polar surface area (TPSA) is 17.1 Å². The second kappa shape index (κ2) is 6.89. The van der Waals surface area contributed by atoms with E-state index in [2.05, 4.69) is 48.5 Å². The summed E-state index contributed by atoms with van der Waals surface area (Å²) in [7, 11) is 0. The van der Waals surface area contributed by atoms with Gasteiger partial charge in [-0.2, -0.15) is 0 Å². The van der Waals surface area contributed by atoms with Crippen molar-refractivity contribution in [3.63, 3.8) is 0 Å². The predicted molar refractivity (Wildman–Crippen MR) is 80.0 cm³/mol. The fourth-order valence-corrected chi connectivity index (χ4v) is 2.19. The minimum Gasteiger partial charge on any atom is -0.303 e. The van der Waals surface area contributed by atoms with Gasteiger partial charge in [0.15, 0.2) is 0 Å². The Kier molecular flexibility index (Phi) is 4.91. The van der Waals surface area contributed by atoms with E-state index >= 15 is 0 Å². The Morgan fingerprint density at radius 2 is 1.58 bits per heavy atom. The summed E-state index contributed by atoms with van der Waals surface area (Å²) in [5, 5.41) is 0. The minimum absolute atomic E-state index is 0.184. The van der Waals surface area contributed by atoms with Crippen LogP contribution in [0.25, 0.3) is 11.1 Å². The maximum absolute atomic E-state index is 10.5. The molecule has 0 bridgehead atoms. The summed E-state index contributed by atoms with van der Waals surface area (Å²) in [4.78, 5) is 10.5. The molecular weight excluding hydrogens is 232 g/mol. The Bertz CT molecular complexity index is 499. The SMILES string of the molecule is CC(C=O)CCCc1ccc(-c2ccccc2)cc1. The Balaban J connectivity index is 1.94. The number of hydrogen-bond donors (Lipinski definition) is 0. The number of aryl methyl sites for hydroxylation is 1. The normalized spacial score (nSPS) is 12.1. The van der Waals surface area contributed by atoms with E-state index in [0.29, 0.717) is 0 Å². The van der Waals surface area contributed by atoms with Crippen molar-refractivity contribution in [3.8, 4) is 11.1 Å². The van der Waals surface area contributed by atoms with Crippen LogP contribution in [0.4, 0.5) is 0 Å². The van der Waals surface area contributed by atoms with Crippen molar-refractivity contribution in [3.05, 3.63) is 60.2 Å². The zero-order valence-electron chi connectivity index (χ0n) is 11.4. The van der Waals surface area contributed by atoms with Gasteiger partial charge in [0.1, 0.15) is 6.29 Å². The van der Waals surface area contributed by atoms with E-state index in [-0.39, 0.29) is 5.92 Å². The molecule has 1 unspecified atom stereocenters. The van der Waals surface area contributed by atoms with Crippen molar-refractivity contribution >= 4 is 6.29 Å². The van der Waals surface area contributed by atoms with Crippen LogP contribution < -0.4 is 0 Å². The average Bonchev–Trinajstić information content (AvgIpc) is 2.48. The quantitative estimate of drug-likeness (QED) is 0.691. The van der Waals surface area contributed by atoms with Gasteiger partial charge in [-0.15, -0.1) is 0 Å². The molecule has 0 saturated carbocycles. The van der Waals surface area contributed by atoms with Crippen LogP contribution in [0.2, 0.25) is 0 Å². The van der Waals surface area contributed by atoms with Gasteiger partial charge in [-0.05, 0) is 36.0 Å². The van der Waals surface area contributed by atoms with Gasteiger partial charge in [0, 0.05) is 5.92 Å². The summed E-state index contributed by atoms with van der Waals surface area (Å²) in [6.07, 6.45) is 4.14. The van der Waals surface area contributed by atoms with E-state index in [4.69, 9.17) is 0 Å². The first-order valence-corrected chi connectivity index (χ1v) is 6.89. The van der Waals surface area contributed by atoms with Gasteiger partial charge in [-0.1, -0.05) is 61.5 Å². The third-order valence-electron chi connectivity index (χ3n) is 3.42. The lowest BCUT2D eigenvalue weighted by Crippen LogP contribution is -1.96. The lowest BCUT2D eigenvalue weighted by Gasteiger charge is -2.06. The van der Waals surface area contributed by atoms with Crippen LogP contribution in [0, 0.1) is 5.92 Å². The third-order valence-corrected chi connectivity index (χ3v) is 3.42. The highest BCUT2D eigenvalue weighted by atomic mass is 16.1. The van der Waals surface area contributed by atoms with Crippen LogP contribution in [0.3, 0.4) is 0 Å². The molecule has 0 aliphatic rings. The Hall–Kier alpha value is -1.89. The molecule has 0 aliphatic carbocycles. The highest BCUT2D eigenvalue weighted by Crippen LogP contribution is 2.20. The van der Waals surface area contributed by atoms with Gasteiger partial charge in [0.05, 0.1) is 0 Å². The van der Waals surface area contributed by atoms with E-state index in [1.807, 2.05) is 13.0 Å². The van der Waals surface area contributed by atoms with Crippen LogP contribution in [0.15, 0.2) is 54.6 Å². The molecule has 0 aromatic heterocycles. The lowest BCUT2D eigenvalue weighted by molar-refractivity contribution is -0.110. The molecule has 1 heteroatoms. The largest absolute Gasteiger partial charge is 0.303 e. The Morgan fingerprint density at radius 1 is 0.947 bits per heavy atom. The molecule has 2 rings (SSSR count). The molecule has 0 amide bonds. The summed E-state index contributed by atoms with van der Waals surface area (Å²) >= 11 is 0. The van der Waals surface area contributed by atoms with Gasteiger partial charge in [-0.3, -0.25) is 0 Å². The maximum Gasteiger partial charge on any atom is 0.122 e. The van der Waals surface area contributed by atoms with Gasteiger partial charge in [-0.25, -0.2) is 0 Å². The minimum atomic E-state index is 0.184. The third kappa shape index (κ3) is 4.06.